The molecule has 1 aromatic carbocycles. The first-order valence-corrected chi connectivity index (χ1v) is 6.93. The highest BCUT2D eigenvalue weighted by Crippen LogP contribution is 2.27. The summed E-state index contributed by atoms with van der Waals surface area (Å²) in [5.41, 5.74) is 2.58. The third-order valence-electron chi connectivity index (χ3n) is 3.70. The number of rotatable bonds is 3. The highest BCUT2D eigenvalue weighted by Gasteiger charge is 2.24. The molecule has 1 aliphatic rings. The molecule has 3 rings (SSSR count). The molecule has 4 heteroatoms. The first kappa shape index (κ1) is 12.2. The van der Waals surface area contributed by atoms with Crippen LogP contribution in [0.15, 0.2) is 42.7 Å². The summed E-state index contributed by atoms with van der Waals surface area (Å²) in [5, 5.41) is 7.88. The Morgan fingerprint density at radius 2 is 2.16 bits per heavy atom. The van der Waals surface area contributed by atoms with Gasteiger partial charge in [0.25, 0.3) is 0 Å². The molecule has 1 aromatic heterocycles. The van der Waals surface area contributed by atoms with Gasteiger partial charge in [0.2, 0.25) is 0 Å². The minimum absolute atomic E-state index is 0.393. The van der Waals surface area contributed by atoms with E-state index in [0.29, 0.717) is 6.04 Å². The van der Waals surface area contributed by atoms with Crippen molar-refractivity contribution in [2.24, 2.45) is 0 Å². The quantitative estimate of drug-likeness (QED) is 0.912. The molecule has 0 aliphatic carbocycles. The van der Waals surface area contributed by atoms with E-state index in [2.05, 4.69) is 58.8 Å². The summed E-state index contributed by atoms with van der Waals surface area (Å²) >= 11 is 0. The number of anilines is 1. The van der Waals surface area contributed by atoms with Gasteiger partial charge in [-0.3, -0.25) is 4.68 Å². The highest BCUT2D eigenvalue weighted by molar-refractivity contribution is 5.46. The van der Waals surface area contributed by atoms with Gasteiger partial charge in [-0.05, 0) is 12.5 Å². The van der Waals surface area contributed by atoms with Crippen molar-refractivity contribution in [2.75, 3.05) is 24.5 Å². The fourth-order valence-corrected chi connectivity index (χ4v) is 2.66. The molecule has 0 saturated carbocycles. The topological polar surface area (TPSA) is 33.1 Å². The molecule has 0 radical (unpaired) electrons. The van der Waals surface area contributed by atoms with Crippen LogP contribution in [0.3, 0.4) is 0 Å². The second-order valence-electron chi connectivity index (χ2n) is 4.88. The Hall–Kier alpha value is -1.81. The standard InChI is InChI=1S/C15H20N4/c1-2-18-12-14(10-17-18)19-9-8-16-11-15(19)13-6-4-3-5-7-13/h3-7,10,12,15-16H,2,8-9,11H2,1H3. The number of piperazine rings is 1. The van der Waals surface area contributed by atoms with Crippen LogP contribution in [0.5, 0.6) is 0 Å². The van der Waals surface area contributed by atoms with Gasteiger partial charge in [-0.25, -0.2) is 0 Å². The van der Waals surface area contributed by atoms with Crippen LogP contribution >= 0.6 is 0 Å². The molecule has 2 heterocycles. The Morgan fingerprint density at radius 3 is 2.89 bits per heavy atom. The van der Waals surface area contributed by atoms with Crippen molar-refractivity contribution in [3.8, 4) is 0 Å². The van der Waals surface area contributed by atoms with Crippen molar-refractivity contribution in [3.05, 3.63) is 48.3 Å². The number of nitrogens with one attached hydrogen (secondary N) is 1. The first-order chi connectivity index (χ1) is 9.38. The molecule has 1 aliphatic heterocycles. The van der Waals surface area contributed by atoms with Gasteiger partial charge >= 0.3 is 0 Å². The maximum absolute atomic E-state index is 4.39. The van der Waals surface area contributed by atoms with Crippen molar-refractivity contribution in [1.82, 2.24) is 15.1 Å². The fraction of sp³-hybridized carbons (Fsp3) is 0.400. The smallest absolute Gasteiger partial charge is 0.0758 e. The van der Waals surface area contributed by atoms with E-state index in [4.69, 9.17) is 0 Å². The SMILES string of the molecule is CCn1cc(N2CCNCC2c2ccccc2)cn1. The third-order valence-corrected chi connectivity index (χ3v) is 3.70. The number of aromatic nitrogens is 2. The lowest BCUT2D eigenvalue weighted by Gasteiger charge is -2.37. The fourth-order valence-electron chi connectivity index (χ4n) is 2.66. The molecule has 1 N–H and O–H groups in total. The van der Waals surface area contributed by atoms with Crippen LogP contribution in [-0.4, -0.2) is 29.4 Å². The minimum Gasteiger partial charge on any atom is -0.359 e. The molecule has 1 unspecified atom stereocenters. The molecule has 1 fully saturated rings. The normalized spacial score (nSPS) is 19.6. The highest BCUT2D eigenvalue weighted by atomic mass is 15.3. The molecular formula is C15H20N4. The summed E-state index contributed by atoms with van der Waals surface area (Å²) in [6.07, 6.45) is 4.12. The summed E-state index contributed by atoms with van der Waals surface area (Å²) in [6.45, 7) is 6.07. The lowest BCUT2D eigenvalue weighted by atomic mass is 10.0. The Morgan fingerprint density at radius 1 is 1.32 bits per heavy atom. The molecule has 0 bridgehead atoms. The summed E-state index contributed by atoms with van der Waals surface area (Å²) in [4.78, 5) is 2.45. The number of nitrogens with zero attached hydrogens (tertiary/aromatic N) is 3. The zero-order chi connectivity index (χ0) is 13.1. The van der Waals surface area contributed by atoms with Crippen molar-refractivity contribution >= 4 is 5.69 Å². The van der Waals surface area contributed by atoms with Crippen molar-refractivity contribution in [1.29, 1.82) is 0 Å². The van der Waals surface area contributed by atoms with Crippen LogP contribution in [0, 0.1) is 0 Å². The van der Waals surface area contributed by atoms with Crippen LogP contribution in [-0.2, 0) is 6.54 Å². The predicted octanol–water partition coefficient (Wildman–Crippen LogP) is 2.05. The van der Waals surface area contributed by atoms with E-state index in [9.17, 15) is 0 Å². The minimum atomic E-state index is 0.393. The van der Waals surface area contributed by atoms with E-state index in [1.807, 2.05) is 10.9 Å². The molecule has 100 valence electrons. The van der Waals surface area contributed by atoms with Crippen LogP contribution < -0.4 is 10.2 Å². The Bertz CT molecular complexity index is 520. The Balaban J connectivity index is 1.89. The van der Waals surface area contributed by atoms with E-state index in [1.54, 1.807) is 0 Å². The van der Waals surface area contributed by atoms with Gasteiger partial charge in [0, 0.05) is 32.4 Å². The number of hydrogen-bond donors (Lipinski definition) is 1. The lowest BCUT2D eigenvalue weighted by Crippen LogP contribution is -2.46. The van der Waals surface area contributed by atoms with Gasteiger partial charge in [0.05, 0.1) is 17.9 Å². The maximum Gasteiger partial charge on any atom is 0.0758 e. The average molecular weight is 256 g/mol. The second kappa shape index (κ2) is 5.45. The molecule has 0 spiro atoms. The number of aryl methyl sites for hydroxylation is 1. The van der Waals surface area contributed by atoms with Crippen LogP contribution in [0.2, 0.25) is 0 Å². The molecule has 19 heavy (non-hydrogen) atoms. The van der Waals surface area contributed by atoms with Gasteiger partial charge in [-0.15, -0.1) is 0 Å². The average Bonchev–Trinajstić information content (AvgIpc) is 2.97. The summed E-state index contributed by atoms with van der Waals surface area (Å²) < 4.78 is 1.99. The molecule has 4 nitrogen and oxygen atoms in total. The van der Waals surface area contributed by atoms with Crippen molar-refractivity contribution in [2.45, 2.75) is 19.5 Å². The molecular weight excluding hydrogens is 236 g/mol. The zero-order valence-electron chi connectivity index (χ0n) is 11.3. The van der Waals surface area contributed by atoms with Crippen LogP contribution in [0.1, 0.15) is 18.5 Å². The first-order valence-electron chi connectivity index (χ1n) is 6.93. The van der Waals surface area contributed by atoms with Gasteiger partial charge in [-0.2, -0.15) is 5.10 Å². The number of benzene rings is 1. The Labute approximate surface area is 114 Å². The van der Waals surface area contributed by atoms with E-state index in [0.717, 1.165) is 26.2 Å². The van der Waals surface area contributed by atoms with E-state index in [-0.39, 0.29) is 0 Å². The number of hydrogen-bond acceptors (Lipinski definition) is 3. The third kappa shape index (κ3) is 2.49. The lowest BCUT2D eigenvalue weighted by molar-refractivity contribution is 0.489. The maximum atomic E-state index is 4.39. The van der Waals surface area contributed by atoms with Crippen molar-refractivity contribution < 1.29 is 0 Å². The van der Waals surface area contributed by atoms with Crippen LogP contribution in [0.4, 0.5) is 5.69 Å². The predicted molar refractivity (Wildman–Crippen MR) is 77.3 cm³/mol. The molecule has 1 atom stereocenters. The summed E-state index contributed by atoms with van der Waals surface area (Å²) in [6, 6.07) is 11.1. The van der Waals surface area contributed by atoms with E-state index in [1.165, 1.54) is 11.3 Å². The molecule has 1 saturated heterocycles. The Kier molecular flexibility index (Phi) is 3.51. The van der Waals surface area contributed by atoms with Gasteiger partial charge < -0.3 is 10.2 Å². The largest absolute Gasteiger partial charge is 0.359 e. The van der Waals surface area contributed by atoms with Crippen LogP contribution in [0.25, 0.3) is 0 Å². The summed E-state index contributed by atoms with van der Waals surface area (Å²) in [5.74, 6) is 0. The van der Waals surface area contributed by atoms with Crippen molar-refractivity contribution in [3.63, 3.8) is 0 Å². The second-order valence-corrected chi connectivity index (χ2v) is 4.88. The zero-order valence-corrected chi connectivity index (χ0v) is 11.3. The van der Waals surface area contributed by atoms with E-state index < -0.39 is 0 Å². The summed E-state index contributed by atoms with van der Waals surface area (Å²) in [7, 11) is 0. The van der Waals surface area contributed by atoms with Gasteiger partial charge in [-0.1, -0.05) is 30.3 Å². The monoisotopic (exact) mass is 256 g/mol. The van der Waals surface area contributed by atoms with Gasteiger partial charge in [0.15, 0.2) is 0 Å². The van der Waals surface area contributed by atoms with Gasteiger partial charge in [0.1, 0.15) is 0 Å². The van der Waals surface area contributed by atoms with E-state index >= 15 is 0 Å². The molecule has 0 amide bonds. The molecule has 2 aromatic rings.